The number of aromatic amines is 1. The van der Waals surface area contributed by atoms with Crippen molar-refractivity contribution in [1.82, 2.24) is 20.5 Å². The normalized spacial score (nSPS) is 24.2. The first-order valence-corrected chi connectivity index (χ1v) is 4.25. The molecule has 2 rings (SSSR count). The molecule has 1 saturated heterocycles. The number of nitrogens with zero attached hydrogens (tertiary/aromatic N) is 2. The summed E-state index contributed by atoms with van der Waals surface area (Å²) in [4.78, 5) is 4.11. The molecule has 0 spiro atoms. The quantitative estimate of drug-likeness (QED) is 0.543. The van der Waals surface area contributed by atoms with Gasteiger partial charge in [-0.25, -0.2) is 0 Å². The Kier molecular flexibility index (Phi) is 1.95. The first kappa shape index (κ1) is 7.54. The minimum atomic E-state index is 0.343. The molecule has 2 heterocycles. The van der Waals surface area contributed by atoms with E-state index >= 15 is 0 Å². The van der Waals surface area contributed by atoms with Gasteiger partial charge in [0.25, 0.3) is 0 Å². The molecule has 5 nitrogen and oxygen atoms in total. The monoisotopic (exact) mass is 167 g/mol. The number of H-pyrrole nitrogens is 1. The molecule has 1 aromatic heterocycles. The third-order valence-corrected chi connectivity index (χ3v) is 2.20. The van der Waals surface area contributed by atoms with Gasteiger partial charge in [-0.05, 0) is 19.4 Å². The fraction of sp³-hybridized carbons (Fsp3) is 0.714. The van der Waals surface area contributed by atoms with E-state index in [0.717, 1.165) is 18.9 Å². The Morgan fingerprint density at radius 1 is 1.50 bits per heavy atom. The van der Waals surface area contributed by atoms with E-state index in [9.17, 15) is 0 Å². The largest absolute Gasteiger partial charge is 0.367 e. The Hall–Kier alpha value is -1.10. The summed E-state index contributed by atoms with van der Waals surface area (Å²) in [6.45, 7) is 2.09. The standard InChI is InChI=1S/C7H13N5/c8-7-10-6(11-12-7)5-2-1-3-9-4-5/h5,9H,1-4H2,(H3,8,10,11,12)/t5-/m1/s1. The summed E-state index contributed by atoms with van der Waals surface area (Å²) >= 11 is 0. The Morgan fingerprint density at radius 2 is 2.42 bits per heavy atom. The molecule has 0 unspecified atom stereocenters. The second kappa shape index (κ2) is 3.10. The molecule has 1 aliphatic rings. The van der Waals surface area contributed by atoms with Crippen molar-refractivity contribution in [2.75, 3.05) is 18.8 Å². The maximum atomic E-state index is 5.41. The molecule has 0 bridgehead atoms. The smallest absolute Gasteiger partial charge is 0.239 e. The minimum Gasteiger partial charge on any atom is -0.367 e. The topological polar surface area (TPSA) is 79.6 Å². The summed E-state index contributed by atoms with van der Waals surface area (Å²) in [6.07, 6.45) is 2.37. The molecule has 0 amide bonds. The summed E-state index contributed by atoms with van der Waals surface area (Å²) in [5.41, 5.74) is 5.41. The van der Waals surface area contributed by atoms with E-state index in [1.807, 2.05) is 0 Å². The number of aromatic nitrogens is 3. The van der Waals surface area contributed by atoms with Crippen molar-refractivity contribution in [3.05, 3.63) is 5.82 Å². The van der Waals surface area contributed by atoms with E-state index < -0.39 is 0 Å². The predicted molar refractivity (Wildman–Crippen MR) is 45.6 cm³/mol. The van der Waals surface area contributed by atoms with Crippen molar-refractivity contribution in [1.29, 1.82) is 0 Å². The first-order chi connectivity index (χ1) is 5.86. The van der Waals surface area contributed by atoms with Crippen LogP contribution in [0.5, 0.6) is 0 Å². The molecule has 0 aromatic carbocycles. The van der Waals surface area contributed by atoms with Crippen LogP contribution in [0.2, 0.25) is 0 Å². The van der Waals surface area contributed by atoms with Gasteiger partial charge in [-0.1, -0.05) is 0 Å². The van der Waals surface area contributed by atoms with Crippen LogP contribution in [0.25, 0.3) is 0 Å². The molecular formula is C7H13N5. The summed E-state index contributed by atoms with van der Waals surface area (Å²) < 4.78 is 0. The van der Waals surface area contributed by atoms with Crippen LogP contribution in [0.1, 0.15) is 24.6 Å². The lowest BCUT2D eigenvalue weighted by Gasteiger charge is -2.19. The van der Waals surface area contributed by atoms with E-state index in [4.69, 9.17) is 5.73 Å². The summed E-state index contributed by atoms with van der Waals surface area (Å²) in [5.74, 6) is 1.72. The number of hydrogen-bond acceptors (Lipinski definition) is 4. The molecule has 0 saturated carbocycles. The van der Waals surface area contributed by atoms with Gasteiger partial charge >= 0.3 is 0 Å². The molecule has 1 aliphatic heterocycles. The summed E-state index contributed by atoms with van der Waals surface area (Å²) in [5, 5.41) is 9.97. The molecule has 4 N–H and O–H groups in total. The van der Waals surface area contributed by atoms with Gasteiger partial charge in [0.2, 0.25) is 5.95 Å². The van der Waals surface area contributed by atoms with Crippen LogP contribution < -0.4 is 11.1 Å². The maximum Gasteiger partial charge on any atom is 0.239 e. The number of piperidine rings is 1. The lowest BCUT2D eigenvalue weighted by molar-refractivity contribution is 0.447. The lowest BCUT2D eigenvalue weighted by atomic mass is 9.99. The van der Waals surface area contributed by atoms with Crippen molar-refractivity contribution >= 4 is 5.95 Å². The average Bonchev–Trinajstić information content (AvgIpc) is 2.54. The Balaban J connectivity index is 2.08. The van der Waals surface area contributed by atoms with Crippen LogP contribution in [0.3, 0.4) is 0 Å². The molecule has 12 heavy (non-hydrogen) atoms. The molecule has 0 radical (unpaired) electrons. The Bertz CT molecular complexity index is 250. The van der Waals surface area contributed by atoms with Crippen LogP contribution in [-0.4, -0.2) is 28.3 Å². The SMILES string of the molecule is Nc1n[nH]c([C@@H]2CCCNC2)n1. The highest BCUT2D eigenvalue weighted by Gasteiger charge is 2.17. The minimum absolute atomic E-state index is 0.343. The molecule has 1 aromatic rings. The maximum absolute atomic E-state index is 5.41. The van der Waals surface area contributed by atoms with Crippen LogP contribution in [-0.2, 0) is 0 Å². The van der Waals surface area contributed by atoms with Gasteiger partial charge in [0.15, 0.2) is 0 Å². The molecule has 1 atom stereocenters. The van der Waals surface area contributed by atoms with E-state index in [2.05, 4.69) is 20.5 Å². The number of rotatable bonds is 1. The Morgan fingerprint density at radius 3 is 3.00 bits per heavy atom. The number of nitrogens with one attached hydrogen (secondary N) is 2. The van der Waals surface area contributed by atoms with E-state index in [-0.39, 0.29) is 0 Å². The Labute approximate surface area is 70.8 Å². The zero-order chi connectivity index (χ0) is 8.39. The van der Waals surface area contributed by atoms with Crippen molar-refractivity contribution in [3.8, 4) is 0 Å². The average molecular weight is 167 g/mol. The highest BCUT2D eigenvalue weighted by Crippen LogP contribution is 2.19. The highest BCUT2D eigenvalue weighted by molar-refractivity contribution is 5.15. The number of nitrogen functional groups attached to an aromatic ring is 1. The number of anilines is 1. The molecule has 1 fully saturated rings. The first-order valence-electron chi connectivity index (χ1n) is 4.25. The van der Waals surface area contributed by atoms with E-state index in [1.54, 1.807) is 0 Å². The van der Waals surface area contributed by atoms with Gasteiger partial charge in [-0.2, -0.15) is 4.98 Å². The van der Waals surface area contributed by atoms with Crippen molar-refractivity contribution in [3.63, 3.8) is 0 Å². The number of hydrogen-bond donors (Lipinski definition) is 3. The van der Waals surface area contributed by atoms with Crippen molar-refractivity contribution in [2.24, 2.45) is 0 Å². The fourth-order valence-electron chi connectivity index (χ4n) is 1.56. The van der Waals surface area contributed by atoms with Gasteiger partial charge in [-0.15, -0.1) is 5.10 Å². The van der Waals surface area contributed by atoms with Crippen LogP contribution in [0.15, 0.2) is 0 Å². The van der Waals surface area contributed by atoms with Gasteiger partial charge in [-0.3, -0.25) is 5.10 Å². The second-order valence-electron chi connectivity index (χ2n) is 3.12. The van der Waals surface area contributed by atoms with Crippen LogP contribution in [0, 0.1) is 0 Å². The summed E-state index contributed by atoms with van der Waals surface area (Å²) in [6, 6.07) is 0. The fourth-order valence-corrected chi connectivity index (χ4v) is 1.56. The zero-order valence-corrected chi connectivity index (χ0v) is 6.88. The molecule has 0 aliphatic carbocycles. The molecule has 66 valence electrons. The molecular weight excluding hydrogens is 154 g/mol. The highest BCUT2D eigenvalue weighted by atomic mass is 15.3. The molecule has 5 heteroatoms. The van der Waals surface area contributed by atoms with Crippen molar-refractivity contribution < 1.29 is 0 Å². The second-order valence-corrected chi connectivity index (χ2v) is 3.12. The third-order valence-electron chi connectivity index (χ3n) is 2.20. The zero-order valence-electron chi connectivity index (χ0n) is 6.88. The van der Waals surface area contributed by atoms with Crippen LogP contribution >= 0.6 is 0 Å². The van der Waals surface area contributed by atoms with Crippen molar-refractivity contribution in [2.45, 2.75) is 18.8 Å². The third kappa shape index (κ3) is 1.40. The van der Waals surface area contributed by atoms with E-state index in [0.29, 0.717) is 11.9 Å². The lowest BCUT2D eigenvalue weighted by Crippen LogP contribution is -2.28. The van der Waals surface area contributed by atoms with Gasteiger partial charge < -0.3 is 11.1 Å². The summed E-state index contributed by atoms with van der Waals surface area (Å²) in [7, 11) is 0. The van der Waals surface area contributed by atoms with Gasteiger partial charge in [0.05, 0.1) is 0 Å². The number of nitrogens with two attached hydrogens (primary N) is 1. The van der Waals surface area contributed by atoms with Gasteiger partial charge in [0, 0.05) is 12.5 Å². The predicted octanol–water partition coefficient (Wildman–Crippen LogP) is -0.146. The van der Waals surface area contributed by atoms with Gasteiger partial charge in [0.1, 0.15) is 5.82 Å². The van der Waals surface area contributed by atoms with E-state index in [1.165, 1.54) is 12.8 Å². The van der Waals surface area contributed by atoms with Crippen LogP contribution in [0.4, 0.5) is 5.95 Å².